The molecule has 0 saturated carbocycles. The summed E-state index contributed by atoms with van der Waals surface area (Å²) in [5.41, 5.74) is 0.400. The highest BCUT2D eigenvalue weighted by Gasteiger charge is 2.19. The van der Waals surface area contributed by atoms with E-state index in [9.17, 15) is 9.18 Å². The molecule has 4 nitrogen and oxygen atoms in total. The minimum absolute atomic E-state index is 0.00366. The van der Waals surface area contributed by atoms with E-state index in [1.807, 2.05) is 13.0 Å². The number of amides is 1. The number of rotatable bonds is 6. The molecule has 1 unspecified atom stereocenters. The molecule has 1 rings (SSSR count). The maximum atomic E-state index is 13.3. The van der Waals surface area contributed by atoms with Gasteiger partial charge in [-0.25, -0.2) is 4.39 Å². The number of carbonyl (C=O) groups is 1. The van der Waals surface area contributed by atoms with Crippen LogP contribution in [0.2, 0.25) is 0 Å². The fourth-order valence-corrected chi connectivity index (χ4v) is 1.72. The molecule has 0 spiro atoms. The molecular formula is C14H17FN2O2. The molecule has 0 aliphatic rings. The number of hydrogen-bond acceptors (Lipinski definition) is 3. The topological polar surface area (TPSA) is 62.1 Å². The summed E-state index contributed by atoms with van der Waals surface area (Å²) in [4.78, 5) is 11.6. The quantitative estimate of drug-likeness (QED) is 0.858. The first-order chi connectivity index (χ1) is 9.12. The number of halogens is 1. The minimum atomic E-state index is -0.720. The molecule has 0 radical (unpaired) electrons. The van der Waals surface area contributed by atoms with E-state index >= 15 is 0 Å². The van der Waals surface area contributed by atoms with Crippen LogP contribution < -0.4 is 10.1 Å². The van der Waals surface area contributed by atoms with Crippen LogP contribution in [0.1, 0.15) is 31.2 Å². The Morgan fingerprint density at radius 3 is 2.89 bits per heavy atom. The van der Waals surface area contributed by atoms with Gasteiger partial charge in [0, 0.05) is 18.5 Å². The zero-order valence-electron chi connectivity index (χ0n) is 11.1. The van der Waals surface area contributed by atoms with Crippen molar-refractivity contribution in [3.63, 3.8) is 0 Å². The van der Waals surface area contributed by atoms with Crippen LogP contribution >= 0.6 is 0 Å². The summed E-state index contributed by atoms with van der Waals surface area (Å²) >= 11 is 0. The summed E-state index contributed by atoms with van der Waals surface area (Å²) in [7, 11) is 1.45. The van der Waals surface area contributed by atoms with Gasteiger partial charge in [-0.3, -0.25) is 4.79 Å². The van der Waals surface area contributed by atoms with Gasteiger partial charge in [0.1, 0.15) is 11.6 Å². The van der Waals surface area contributed by atoms with Crippen molar-refractivity contribution in [2.45, 2.75) is 25.7 Å². The third kappa shape index (κ3) is 4.25. The fraction of sp³-hybridized carbons (Fsp3) is 0.429. The van der Waals surface area contributed by atoms with Crippen LogP contribution in [-0.4, -0.2) is 19.6 Å². The molecule has 0 aliphatic carbocycles. The molecule has 1 amide bonds. The Balaban J connectivity index is 2.88. The number of nitrogens with zero attached hydrogens (tertiary/aromatic N) is 1. The highest BCUT2D eigenvalue weighted by atomic mass is 19.1. The second-order valence-corrected chi connectivity index (χ2v) is 4.12. The van der Waals surface area contributed by atoms with E-state index in [1.54, 1.807) is 0 Å². The maximum Gasteiger partial charge on any atom is 0.221 e. The lowest BCUT2D eigenvalue weighted by atomic mass is 9.95. The van der Waals surface area contributed by atoms with Gasteiger partial charge >= 0.3 is 0 Å². The standard InChI is InChI=1S/C14H17FN2O2/c1-3-6-17-14(18)7-10(9-16)12-8-11(15)4-5-13(12)19-2/h4-5,8,10H,3,6-7H2,1-2H3,(H,17,18). The molecule has 0 bridgehead atoms. The SMILES string of the molecule is CCCNC(=O)CC(C#N)c1cc(F)ccc1OC. The van der Waals surface area contributed by atoms with Gasteiger partial charge in [-0.05, 0) is 24.6 Å². The Kier molecular flexibility index (Phi) is 5.80. The van der Waals surface area contributed by atoms with Gasteiger partial charge in [0.05, 0.1) is 19.1 Å². The van der Waals surface area contributed by atoms with Crippen molar-refractivity contribution in [1.29, 1.82) is 5.26 Å². The minimum Gasteiger partial charge on any atom is -0.496 e. The van der Waals surface area contributed by atoms with Crippen LogP contribution in [0.5, 0.6) is 5.75 Å². The van der Waals surface area contributed by atoms with Crippen LogP contribution in [0, 0.1) is 17.1 Å². The van der Waals surface area contributed by atoms with Crippen LogP contribution in [0.3, 0.4) is 0 Å². The predicted molar refractivity (Wildman–Crippen MR) is 69.2 cm³/mol. The van der Waals surface area contributed by atoms with Gasteiger partial charge in [0.25, 0.3) is 0 Å². The zero-order valence-corrected chi connectivity index (χ0v) is 11.1. The van der Waals surface area contributed by atoms with Gasteiger partial charge in [-0.1, -0.05) is 6.92 Å². The number of methoxy groups -OCH3 is 1. The summed E-state index contributed by atoms with van der Waals surface area (Å²) in [6.07, 6.45) is 0.822. The Morgan fingerprint density at radius 2 is 2.32 bits per heavy atom. The summed E-state index contributed by atoms with van der Waals surface area (Å²) in [5.74, 6) is -0.983. The number of benzene rings is 1. The summed E-state index contributed by atoms with van der Waals surface area (Å²) in [6.45, 7) is 2.51. The van der Waals surface area contributed by atoms with Crippen molar-refractivity contribution < 1.29 is 13.9 Å². The van der Waals surface area contributed by atoms with Gasteiger partial charge in [-0.2, -0.15) is 5.26 Å². The van der Waals surface area contributed by atoms with E-state index in [1.165, 1.54) is 25.3 Å². The third-order valence-corrected chi connectivity index (χ3v) is 2.68. The first-order valence-electron chi connectivity index (χ1n) is 6.12. The van der Waals surface area contributed by atoms with Gasteiger partial charge < -0.3 is 10.1 Å². The van der Waals surface area contributed by atoms with E-state index in [4.69, 9.17) is 10.00 Å². The van der Waals surface area contributed by atoms with E-state index in [-0.39, 0.29) is 12.3 Å². The first kappa shape index (κ1) is 15.0. The molecule has 19 heavy (non-hydrogen) atoms. The first-order valence-corrected chi connectivity index (χ1v) is 6.12. The summed E-state index contributed by atoms with van der Waals surface area (Å²) in [5, 5.41) is 11.9. The van der Waals surface area contributed by atoms with E-state index in [0.29, 0.717) is 17.9 Å². The lowest BCUT2D eigenvalue weighted by Crippen LogP contribution is -2.25. The normalized spacial score (nSPS) is 11.5. The van der Waals surface area contributed by atoms with E-state index in [2.05, 4.69) is 5.32 Å². The largest absolute Gasteiger partial charge is 0.496 e. The van der Waals surface area contributed by atoms with Crippen molar-refractivity contribution in [3.05, 3.63) is 29.6 Å². The molecule has 102 valence electrons. The van der Waals surface area contributed by atoms with Crippen LogP contribution in [0.4, 0.5) is 4.39 Å². The zero-order chi connectivity index (χ0) is 14.3. The molecule has 5 heteroatoms. The Labute approximate surface area is 112 Å². The van der Waals surface area contributed by atoms with Crippen molar-refractivity contribution >= 4 is 5.91 Å². The number of ether oxygens (including phenoxy) is 1. The highest BCUT2D eigenvalue weighted by Crippen LogP contribution is 2.29. The summed E-state index contributed by atoms with van der Waals surface area (Å²) < 4.78 is 18.4. The Bertz CT molecular complexity index is 483. The smallest absolute Gasteiger partial charge is 0.221 e. The molecule has 1 aromatic rings. The molecule has 1 aromatic carbocycles. The molecule has 0 aromatic heterocycles. The molecule has 1 N–H and O–H groups in total. The Hall–Kier alpha value is -2.09. The van der Waals surface area contributed by atoms with Gasteiger partial charge in [0.15, 0.2) is 0 Å². The molecule has 0 saturated heterocycles. The maximum absolute atomic E-state index is 13.3. The van der Waals surface area contributed by atoms with E-state index < -0.39 is 11.7 Å². The van der Waals surface area contributed by atoms with Crippen LogP contribution in [0.15, 0.2) is 18.2 Å². The monoisotopic (exact) mass is 264 g/mol. The number of nitriles is 1. The van der Waals surface area contributed by atoms with Crippen molar-refractivity contribution in [2.24, 2.45) is 0 Å². The molecular weight excluding hydrogens is 247 g/mol. The van der Waals surface area contributed by atoms with Crippen LogP contribution in [-0.2, 0) is 4.79 Å². The molecule has 0 aliphatic heterocycles. The third-order valence-electron chi connectivity index (χ3n) is 2.68. The fourth-order valence-electron chi connectivity index (χ4n) is 1.72. The number of carbonyl (C=O) groups excluding carboxylic acids is 1. The summed E-state index contributed by atoms with van der Waals surface area (Å²) in [6, 6.07) is 5.97. The molecule has 1 atom stereocenters. The van der Waals surface area contributed by atoms with Gasteiger partial charge in [0.2, 0.25) is 5.91 Å². The lowest BCUT2D eigenvalue weighted by Gasteiger charge is -2.13. The average Bonchev–Trinajstić information content (AvgIpc) is 2.42. The van der Waals surface area contributed by atoms with E-state index in [0.717, 1.165) is 6.42 Å². The van der Waals surface area contributed by atoms with Crippen molar-refractivity contribution in [1.82, 2.24) is 5.32 Å². The average molecular weight is 264 g/mol. The highest BCUT2D eigenvalue weighted by molar-refractivity contribution is 5.77. The Morgan fingerprint density at radius 1 is 1.58 bits per heavy atom. The van der Waals surface area contributed by atoms with Crippen molar-refractivity contribution in [2.75, 3.05) is 13.7 Å². The van der Waals surface area contributed by atoms with Crippen LogP contribution in [0.25, 0.3) is 0 Å². The van der Waals surface area contributed by atoms with Gasteiger partial charge in [-0.15, -0.1) is 0 Å². The second kappa shape index (κ2) is 7.37. The second-order valence-electron chi connectivity index (χ2n) is 4.12. The van der Waals surface area contributed by atoms with Crippen molar-refractivity contribution in [3.8, 4) is 11.8 Å². The molecule has 0 heterocycles. The molecule has 0 fully saturated rings. The predicted octanol–water partition coefficient (Wildman–Crippen LogP) is 2.36. The number of nitrogens with one attached hydrogen (secondary N) is 1. The lowest BCUT2D eigenvalue weighted by molar-refractivity contribution is -0.121. The number of hydrogen-bond donors (Lipinski definition) is 1.